The summed E-state index contributed by atoms with van der Waals surface area (Å²) in [7, 11) is 0. The molecule has 3 heterocycles. The van der Waals surface area contributed by atoms with Crippen molar-refractivity contribution in [1.82, 2.24) is 4.90 Å². The van der Waals surface area contributed by atoms with Crippen molar-refractivity contribution in [3.63, 3.8) is 0 Å². The van der Waals surface area contributed by atoms with Crippen molar-refractivity contribution in [1.29, 1.82) is 0 Å². The lowest BCUT2D eigenvalue weighted by molar-refractivity contribution is -0.734. The lowest BCUT2D eigenvalue weighted by Crippen LogP contribution is -2.99. The highest BCUT2D eigenvalue weighted by Crippen LogP contribution is 2.50. The molecule has 1 spiro atoms. The number of amides is 4. The number of fused-ring (bicyclic) bond motifs is 4. The fourth-order valence-electron chi connectivity index (χ4n) is 6.21. The number of rotatable bonds is 4. The topological polar surface area (TPSA) is 126 Å². The van der Waals surface area contributed by atoms with E-state index in [0.29, 0.717) is 12.1 Å². The number of carbonyl (C=O) groups is 4. The van der Waals surface area contributed by atoms with Crippen LogP contribution in [0.3, 0.4) is 0 Å². The van der Waals surface area contributed by atoms with E-state index in [1.807, 2.05) is 29.6 Å². The second-order valence-corrected chi connectivity index (χ2v) is 9.05. The second kappa shape index (κ2) is 6.91. The normalized spacial score (nSPS) is 33.1. The van der Waals surface area contributed by atoms with Crippen LogP contribution in [0.2, 0.25) is 0 Å². The molecule has 158 valence electrons. The molecule has 2 saturated heterocycles. The number of nitrogens with two attached hydrogens (primary N) is 2. The van der Waals surface area contributed by atoms with E-state index in [4.69, 9.17) is 5.73 Å². The van der Waals surface area contributed by atoms with Gasteiger partial charge in [-0.1, -0.05) is 37.5 Å². The predicted molar refractivity (Wildman–Crippen MR) is 107 cm³/mol. The minimum absolute atomic E-state index is 0.0853. The molecule has 1 aromatic carbocycles. The van der Waals surface area contributed by atoms with Crippen LogP contribution in [0.15, 0.2) is 24.3 Å². The number of nitrogens with one attached hydrogen (secondary N) is 1. The molecule has 1 aromatic rings. The average molecular weight is 411 g/mol. The largest absolute Gasteiger partial charge is 0.370 e. The van der Waals surface area contributed by atoms with Crippen molar-refractivity contribution in [2.75, 3.05) is 5.32 Å². The van der Waals surface area contributed by atoms with Gasteiger partial charge in [-0.25, -0.2) is 0 Å². The van der Waals surface area contributed by atoms with Gasteiger partial charge in [0.05, 0.1) is 5.69 Å². The first-order valence-corrected chi connectivity index (χ1v) is 10.9. The van der Waals surface area contributed by atoms with Crippen LogP contribution >= 0.6 is 0 Å². The lowest BCUT2D eigenvalue weighted by Gasteiger charge is -2.32. The maximum Gasteiger partial charge on any atom is 0.291 e. The average Bonchev–Trinajstić information content (AvgIpc) is 3.32. The molecule has 4 aliphatic rings. The van der Waals surface area contributed by atoms with Gasteiger partial charge in [0.15, 0.2) is 0 Å². The van der Waals surface area contributed by atoms with Crippen molar-refractivity contribution in [3.8, 4) is 0 Å². The first-order chi connectivity index (χ1) is 14.4. The Morgan fingerprint density at radius 1 is 1.13 bits per heavy atom. The van der Waals surface area contributed by atoms with Crippen molar-refractivity contribution >= 4 is 29.3 Å². The monoisotopic (exact) mass is 411 g/mol. The Labute approximate surface area is 174 Å². The van der Waals surface area contributed by atoms with Crippen molar-refractivity contribution in [2.24, 2.45) is 17.6 Å². The van der Waals surface area contributed by atoms with Gasteiger partial charge in [0.1, 0.15) is 17.9 Å². The Morgan fingerprint density at radius 2 is 1.87 bits per heavy atom. The minimum Gasteiger partial charge on any atom is -0.370 e. The molecule has 5 rings (SSSR count). The van der Waals surface area contributed by atoms with Crippen LogP contribution in [0.4, 0.5) is 5.69 Å². The number of primary amides is 1. The number of hydrogen-bond donors (Lipinski definition) is 3. The number of benzene rings is 1. The predicted octanol–water partition coefficient (Wildman–Crippen LogP) is -0.0210. The smallest absolute Gasteiger partial charge is 0.291 e. The third kappa shape index (κ3) is 2.56. The lowest BCUT2D eigenvalue weighted by atomic mass is 9.76. The van der Waals surface area contributed by atoms with Gasteiger partial charge in [-0.3, -0.25) is 24.1 Å². The van der Waals surface area contributed by atoms with Crippen LogP contribution in [0.1, 0.15) is 50.5 Å². The Kier molecular flexibility index (Phi) is 4.43. The van der Waals surface area contributed by atoms with Crippen molar-refractivity contribution < 1.29 is 24.5 Å². The maximum atomic E-state index is 13.7. The first-order valence-electron chi connectivity index (χ1n) is 10.9. The molecule has 1 aliphatic carbocycles. The van der Waals surface area contributed by atoms with E-state index >= 15 is 0 Å². The van der Waals surface area contributed by atoms with Gasteiger partial charge in [-0.15, -0.1) is 0 Å². The number of nitrogens with zero attached hydrogens (tertiary/aromatic N) is 1. The summed E-state index contributed by atoms with van der Waals surface area (Å²) in [5.41, 5.74) is 5.63. The van der Waals surface area contributed by atoms with Crippen LogP contribution in [-0.2, 0) is 24.7 Å². The number of anilines is 1. The number of para-hydroxylation sites is 1. The number of quaternary nitrogens is 1. The van der Waals surface area contributed by atoms with Crippen LogP contribution in [-0.4, -0.2) is 40.6 Å². The Bertz CT molecular complexity index is 941. The van der Waals surface area contributed by atoms with E-state index in [1.165, 1.54) is 4.90 Å². The molecule has 8 nitrogen and oxygen atoms in total. The number of likely N-dealkylation sites (tertiary alicyclic amines) is 1. The molecule has 30 heavy (non-hydrogen) atoms. The minimum atomic E-state index is -1.17. The van der Waals surface area contributed by atoms with E-state index < -0.39 is 23.3 Å². The summed E-state index contributed by atoms with van der Waals surface area (Å²) >= 11 is 0. The molecule has 4 atom stereocenters. The number of hydrogen-bond acceptors (Lipinski definition) is 4. The third-order valence-corrected chi connectivity index (χ3v) is 7.47. The van der Waals surface area contributed by atoms with E-state index in [2.05, 4.69) is 5.32 Å². The SMILES string of the molecule is NC(=O)CC[C@@H]1[NH2+][C@]2(C(=O)Nc3ccccc32)[C@@H]2C(=O)N(C3CCCCC3)C(=O)[C@H]12. The van der Waals surface area contributed by atoms with Gasteiger partial charge in [-0.2, -0.15) is 0 Å². The fraction of sp³-hybridized carbons (Fsp3) is 0.545. The van der Waals surface area contributed by atoms with Crippen LogP contribution in [0, 0.1) is 11.8 Å². The standard InChI is InChI=1S/C22H26N4O4/c23-16(27)11-10-15-17-18(20(29)26(19(17)28)12-6-2-1-3-7-12)22(25-15)13-8-4-5-9-14(13)24-21(22)30/h4-5,8-9,12,15,17-18,25H,1-3,6-7,10-11H2,(H2,23,27)(H,24,30)/p+1/t15-,17+,18-,22-/m0/s1. The zero-order valence-corrected chi connectivity index (χ0v) is 16.8. The van der Waals surface area contributed by atoms with Crippen molar-refractivity contribution in [2.45, 2.75) is 62.6 Å². The molecular formula is C22H27N4O4+. The van der Waals surface area contributed by atoms with E-state index in [0.717, 1.165) is 37.7 Å². The molecule has 0 aromatic heterocycles. The Balaban J connectivity index is 1.59. The second-order valence-electron chi connectivity index (χ2n) is 9.05. The van der Waals surface area contributed by atoms with E-state index in [9.17, 15) is 19.2 Å². The number of imide groups is 1. The first kappa shape index (κ1) is 19.2. The molecule has 1 saturated carbocycles. The Morgan fingerprint density at radius 3 is 2.60 bits per heavy atom. The summed E-state index contributed by atoms with van der Waals surface area (Å²) in [6.45, 7) is 0. The molecule has 3 aliphatic heterocycles. The summed E-state index contributed by atoms with van der Waals surface area (Å²) in [6, 6.07) is 6.94. The molecule has 3 fully saturated rings. The fourth-order valence-corrected chi connectivity index (χ4v) is 6.21. The summed E-state index contributed by atoms with van der Waals surface area (Å²) in [6.07, 6.45) is 5.25. The van der Waals surface area contributed by atoms with Gasteiger partial charge in [0.25, 0.3) is 5.91 Å². The van der Waals surface area contributed by atoms with Crippen molar-refractivity contribution in [3.05, 3.63) is 29.8 Å². The van der Waals surface area contributed by atoms with Crippen LogP contribution in [0.25, 0.3) is 0 Å². The van der Waals surface area contributed by atoms with Gasteiger partial charge >= 0.3 is 0 Å². The number of carbonyl (C=O) groups excluding carboxylic acids is 4. The third-order valence-electron chi connectivity index (χ3n) is 7.47. The molecular weight excluding hydrogens is 384 g/mol. The summed E-state index contributed by atoms with van der Waals surface area (Å²) in [5.74, 6) is -2.49. The summed E-state index contributed by atoms with van der Waals surface area (Å²) in [4.78, 5) is 53.5. The highest BCUT2D eigenvalue weighted by molar-refractivity contribution is 6.14. The maximum absolute atomic E-state index is 13.7. The molecule has 8 heteroatoms. The molecule has 4 amide bonds. The van der Waals surface area contributed by atoms with Gasteiger partial charge in [-0.05, 0) is 18.9 Å². The molecule has 5 N–H and O–H groups in total. The summed E-state index contributed by atoms with van der Waals surface area (Å²) < 4.78 is 0. The van der Waals surface area contributed by atoms with Crippen LogP contribution < -0.4 is 16.4 Å². The van der Waals surface area contributed by atoms with E-state index in [1.54, 1.807) is 0 Å². The quantitative estimate of drug-likeness (QED) is 0.602. The van der Waals surface area contributed by atoms with Crippen LogP contribution in [0.5, 0.6) is 0 Å². The molecule has 0 unspecified atom stereocenters. The van der Waals surface area contributed by atoms with Gasteiger partial charge in [0.2, 0.25) is 23.3 Å². The molecule has 0 radical (unpaired) electrons. The highest BCUT2D eigenvalue weighted by atomic mass is 16.2. The van der Waals surface area contributed by atoms with Gasteiger partial charge < -0.3 is 16.4 Å². The zero-order chi connectivity index (χ0) is 21.0. The Hall–Kier alpha value is -2.74. The van der Waals surface area contributed by atoms with E-state index in [-0.39, 0.29) is 36.2 Å². The zero-order valence-electron chi connectivity index (χ0n) is 16.8. The molecule has 0 bridgehead atoms. The summed E-state index contributed by atoms with van der Waals surface area (Å²) in [5, 5.41) is 4.78. The highest BCUT2D eigenvalue weighted by Gasteiger charge is 2.74. The van der Waals surface area contributed by atoms with Gasteiger partial charge in [0, 0.05) is 24.4 Å².